The van der Waals surface area contributed by atoms with Crippen molar-refractivity contribution >= 4 is 21.8 Å². The minimum Gasteiger partial charge on any atom is -0.482 e. The second kappa shape index (κ2) is 4.95. The highest BCUT2D eigenvalue weighted by molar-refractivity contribution is 9.10. The lowest BCUT2D eigenvalue weighted by Gasteiger charge is -2.06. The quantitative estimate of drug-likeness (QED) is 0.900. The lowest BCUT2D eigenvalue weighted by atomic mass is 10.3. The van der Waals surface area contributed by atoms with E-state index < -0.39 is 5.82 Å². The summed E-state index contributed by atoms with van der Waals surface area (Å²) in [4.78, 5) is 10.8. The van der Waals surface area contributed by atoms with E-state index in [9.17, 15) is 9.18 Å². The fourth-order valence-corrected chi connectivity index (χ4v) is 1.16. The first-order chi connectivity index (χ1) is 6.63. The SMILES string of the molecule is CNC(=O)COc1cc(F)ccc1Br. The van der Waals surface area contributed by atoms with Crippen LogP contribution in [0.3, 0.4) is 0 Å². The molecule has 0 spiro atoms. The maximum Gasteiger partial charge on any atom is 0.257 e. The van der Waals surface area contributed by atoms with Crippen molar-refractivity contribution in [1.29, 1.82) is 0 Å². The van der Waals surface area contributed by atoms with Crippen molar-refractivity contribution in [2.75, 3.05) is 13.7 Å². The zero-order valence-corrected chi connectivity index (χ0v) is 9.10. The molecule has 0 aliphatic carbocycles. The van der Waals surface area contributed by atoms with Crippen LogP contribution in [0.1, 0.15) is 0 Å². The van der Waals surface area contributed by atoms with Crippen LogP contribution in [-0.4, -0.2) is 19.6 Å². The number of benzene rings is 1. The smallest absolute Gasteiger partial charge is 0.257 e. The van der Waals surface area contributed by atoms with Crippen molar-refractivity contribution in [2.45, 2.75) is 0 Å². The van der Waals surface area contributed by atoms with Gasteiger partial charge < -0.3 is 10.1 Å². The monoisotopic (exact) mass is 261 g/mol. The Morgan fingerprint density at radius 1 is 1.64 bits per heavy atom. The zero-order chi connectivity index (χ0) is 10.6. The van der Waals surface area contributed by atoms with Gasteiger partial charge in [0.1, 0.15) is 11.6 Å². The summed E-state index contributed by atoms with van der Waals surface area (Å²) in [5, 5.41) is 2.40. The maximum absolute atomic E-state index is 12.8. The van der Waals surface area contributed by atoms with Crippen LogP contribution < -0.4 is 10.1 Å². The zero-order valence-electron chi connectivity index (χ0n) is 7.51. The Kier molecular flexibility index (Phi) is 3.88. The van der Waals surface area contributed by atoms with Crippen LogP contribution in [0.15, 0.2) is 22.7 Å². The normalized spacial score (nSPS) is 9.64. The van der Waals surface area contributed by atoms with Gasteiger partial charge in [-0.3, -0.25) is 4.79 Å². The Labute approximate surface area is 89.4 Å². The van der Waals surface area contributed by atoms with Crippen molar-refractivity contribution in [3.05, 3.63) is 28.5 Å². The van der Waals surface area contributed by atoms with Gasteiger partial charge in [0.2, 0.25) is 0 Å². The van der Waals surface area contributed by atoms with Crippen LogP contribution in [-0.2, 0) is 4.79 Å². The molecule has 1 rings (SSSR count). The highest BCUT2D eigenvalue weighted by Gasteiger charge is 2.05. The van der Waals surface area contributed by atoms with Gasteiger partial charge in [0, 0.05) is 13.1 Å². The van der Waals surface area contributed by atoms with E-state index in [2.05, 4.69) is 21.2 Å². The van der Waals surface area contributed by atoms with Crippen LogP contribution in [0.5, 0.6) is 5.75 Å². The molecule has 1 aromatic rings. The molecule has 0 aromatic heterocycles. The number of ether oxygens (including phenoxy) is 1. The van der Waals surface area contributed by atoms with Gasteiger partial charge in [0.05, 0.1) is 4.47 Å². The van der Waals surface area contributed by atoms with E-state index in [0.717, 1.165) is 0 Å². The third-order valence-electron chi connectivity index (χ3n) is 1.53. The minimum absolute atomic E-state index is 0.126. The first-order valence-corrected chi connectivity index (χ1v) is 4.71. The summed E-state index contributed by atoms with van der Waals surface area (Å²) in [5.74, 6) is -0.352. The summed E-state index contributed by atoms with van der Waals surface area (Å²) in [7, 11) is 1.51. The van der Waals surface area contributed by atoms with Gasteiger partial charge in [0.15, 0.2) is 6.61 Å². The predicted molar refractivity (Wildman–Crippen MR) is 53.7 cm³/mol. The molecular weight excluding hydrogens is 253 g/mol. The number of nitrogens with one attached hydrogen (secondary N) is 1. The number of hydrogen-bond acceptors (Lipinski definition) is 2. The minimum atomic E-state index is -0.403. The van der Waals surface area contributed by atoms with E-state index in [-0.39, 0.29) is 12.5 Å². The Morgan fingerprint density at radius 3 is 3.00 bits per heavy atom. The summed E-state index contributed by atoms with van der Waals surface area (Å²) < 4.78 is 18.4. The van der Waals surface area contributed by atoms with Gasteiger partial charge in [-0.05, 0) is 28.1 Å². The van der Waals surface area contributed by atoms with Gasteiger partial charge in [-0.1, -0.05) is 0 Å². The van der Waals surface area contributed by atoms with Crippen LogP contribution in [0.25, 0.3) is 0 Å². The average molecular weight is 262 g/mol. The molecule has 5 heteroatoms. The highest BCUT2D eigenvalue weighted by Crippen LogP contribution is 2.25. The Morgan fingerprint density at radius 2 is 2.36 bits per heavy atom. The van der Waals surface area contributed by atoms with Gasteiger partial charge in [0.25, 0.3) is 5.91 Å². The van der Waals surface area contributed by atoms with Crippen LogP contribution in [0.2, 0.25) is 0 Å². The Balaban J connectivity index is 2.66. The third-order valence-corrected chi connectivity index (χ3v) is 2.19. The molecular formula is C9H9BrFNO2. The molecule has 0 heterocycles. The van der Waals surface area contributed by atoms with E-state index in [1.54, 1.807) is 0 Å². The Bertz CT molecular complexity index is 344. The molecule has 1 N–H and O–H groups in total. The second-order valence-corrected chi connectivity index (χ2v) is 3.39. The molecule has 0 aliphatic heterocycles. The maximum atomic E-state index is 12.8. The molecule has 0 bridgehead atoms. The number of amides is 1. The Hall–Kier alpha value is -1.10. The fraction of sp³-hybridized carbons (Fsp3) is 0.222. The van der Waals surface area contributed by atoms with Crippen molar-refractivity contribution in [1.82, 2.24) is 5.32 Å². The number of carbonyl (C=O) groups excluding carboxylic acids is 1. The first-order valence-electron chi connectivity index (χ1n) is 3.92. The molecule has 0 unspecified atom stereocenters. The van der Waals surface area contributed by atoms with Crippen molar-refractivity contribution in [2.24, 2.45) is 0 Å². The van der Waals surface area contributed by atoms with Crippen molar-refractivity contribution < 1.29 is 13.9 Å². The summed E-state index contributed by atoms with van der Waals surface area (Å²) >= 11 is 3.18. The molecule has 1 aromatic carbocycles. The van der Waals surface area contributed by atoms with E-state index in [1.165, 1.54) is 25.2 Å². The molecule has 0 aliphatic rings. The summed E-state index contributed by atoms with van der Waals surface area (Å²) in [6, 6.07) is 4.04. The molecule has 1 amide bonds. The molecule has 76 valence electrons. The number of hydrogen-bond donors (Lipinski definition) is 1. The molecule has 0 radical (unpaired) electrons. The van der Waals surface area contributed by atoms with Gasteiger partial charge in [-0.25, -0.2) is 4.39 Å². The molecule has 0 atom stereocenters. The number of halogens is 2. The average Bonchev–Trinajstić information content (AvgIpc) is 2.19. The van der Waals surface area contributed by atoms with Crippen molar-refractivity contribution in [3.63, 3.8) is 0 Å². The van der Waals surface area contributed by atoms with Gasteiger partial charge in [-0.15, -0.1) is 0 Å². The van der Waals surface area contributed by atoms with E-state index in [4.69, 9.17) is 4.74 Å². The predicted octanol–water partition coefficient (Wildman–Crippen LogP) is 1.71. The third kappa shape index (κ3) is 2.99. The molecule has 0 saturated carbocycles. The highest BCUT2D eigenvalue weighted by atomic mass is 79.9. The van der Waals surface area contributed by atoms with Crippen LogP contribution >= 0.6 is 15.9 Å². The molecule has 0 saturated heterocycles. The van der Waals surface area contributed by atoms with E-state index in [1.807, 2.05) is 0 Å². The first kappa shape index (κ1) is 11.0. The number of carbonyl (C=O) groups is 1. The number of rotatable bonds is 3. The number of likely N-dealkylation sites (N-methyl/N-ethyl adjacent to an activating group) is 1. The summed E-state index contributed by atoms with van der Waals surface area (Å²) in [6.45, 7) is -0.126. The van der Waals surface area contributed by atoms with Crippen LogP contribution in [0, 0.1) is 5.82 Å². The van der Waals surface area contributed by atoms with E-state index >= 15 is 0 Å². The van der Waals surface area contributed by atoms with E-state index in [0.29, 0.717) is 10.2 Å². The molecule has 0 fully saturated rings. The van der Waals surface area contributed by atoms with Gasteiger partial charge >= 0.3 is 0 Å². The summed E-state index contributed by atoms with van der Waals surface area (Å²) in [5.41, 5.74) is 0. The standard InChI is InChI=1S/C9H9BrFNO2/c1-12-9(13)5-14-8-4-6(11)2-3-7(8)10/h2-4H,5H2,1H3,(H,12,13). The molecule has 3 nitrogen and oxygen atoms in total. The topological polar surface area (TPSA) is 38.3 Å². The lowest BCUT2D eigenvalue weighted by molar-refractivity contribution is -0.122. The van der Waals surface area contributed by atoms with Crippen molar-refractivity contribution in [3.8, 4) is 5.75 Å². The molecule has 14 heavy (non-hydrogen) atoms. The summed E-state index contributed by atoms with van der Waals surface area (Å²) in [6.07, 6.45) is 0. The fourth-order valence-electron chi connectivity index (χ4n) is 0.803. The lowest BCUT2D eigenvalue weighted by Crippen LogP contribution is -2.24. The largest absolute Gasteiger partial charge is 0.482 e. The van der Waals surface area contributed by atoms with Crippen LogP contribution in [0.4, 0.5) is 4.39 Å². The second-order valence-electron chi connectivity index (χ2n) is 2.54. The van der Waals surface area contributed by atoms with Gasteiger partial charge in [-0.2, -0.15) is 0 Å².